The quantitative estimate of drug-likeness (QED) is 0.789. The monoisotopic (exact) mass is 329 g/mol. The van der Waals surface area contributed by atoms with Gasteiger partial charge in [0.05, 0.1) is 0 Å². The third-order valence-electron chi connectivity index (χ3n) is 0.508. The zero-order valence-electron chi connectivity index (χ0n) is 7.23. The molecule has 0 atom stereocenters. The second-order valence-corrected chi connectivity index (χ2v) is 3.27. The molecule has 0 rings (SSSR count). The van der Waals surface area contributed by atoms with Crippen LogP contribution in [-0.2, 0) is 24.3 Å². The van der Waals surface area contributed by atoms with Gasteiger partial charge in [-0.05, 0) is 0 Å². The van der Waals surface area contributed by atoms with Crippen molar-refractivity contribution in [1.82, 2.24) is 0 Å². The molecule has 0 aliphatic heterocycles. The predicted molar refractivity (Wildman–Crippen MR) is 53.1 cm³/mol. The topological polar surface area (TPSA) is 18.5 Å². The van der Waals surface area contributed by atoms with Gasteiger partial charge in [0.15, 0.2) is 0 Å². The van der Waals surface area contributed by atoms with Crippen LogP contribution in [0.15, 0.2) is 0 Å². The van der Waals surface area contributed by atoms with Crippen molar-refractivity contribution >= 4 is 34.0 Å². The van der Waals surface area contributed by atoms with Crippen LogP contribution in [0.1, 0.15) is 27.7 Å². The molecule has 0 unspecified atom stereocenters. The van der Waals surface area contributed by atoms with Crippen molar-refractivity contribution in [3.8, 4) is 0 Å². The van der Waals surface area contributed by atoms with Crippen molar-refractivity contribution in [2.75, 3.05) is 0 Å². The van der Waals surface area contributed by atoms with Crippen LogP contribution in [0.3, 0.4) is 0 Å². The van der Waals surface area contributed by atoms with E-state index in [-0.39, 0.29) is 51.0 Å². The van der Waals surface area contributed by atoms with E-state index in [9.17, 15) is 0 Å². The zero-order valence-corrected chi connectivity index (χ0v) is 12.1. The van der Waals surface area contributed by atoms with E-state index in [1.54, 1.807) is 0 Å². The van der Waals surface area contributed by atoms with Crippen molar-refractivity contribution < 1.29 is 24.3 Å². The fourth-order valence-electron chi connectivity index (χ4n) is 0.197. The fraction of sp³-hybridized carbons (Fsp3) is 1.00. The summed E-state index contributed by atoms with van der Waals surface area (Å²) in [6, 6.07) is 0. The summed E-state index contributed by atoms with van der Waals surface area (Å²) in [5.74, 6) is 0. The van der Waals surface area contributed by atoms with Crippen LogP contribution in [0.4, 0.5) is 0 Å². The average molecular weight is 331 g/mol. The van der Waals surface area contributed by atoms with Crippen LogP contribution in [0.2, 0.25) is 0 Å². The molecule has 71 valence electrons. The first-order chi connectivity index (χ1) is 4.13. The van der Waals surface area contributed by atoms with Crippen LogP contribution in [0, 0.1) is 0 Å². The van der Waals surface area contributed by atoms with Gasteiger partial charge in [-0.25, -0.2) is 0 Å². The van der Waals surface area contributed by atoms with E-state index in [0.29, 0.717) is 12.2 Å². The number of rotatable bonds is 4. The summed E-state index contributed by atoms with van der Waals surface area (Å²) < 4.78 is 10.4. The van der Waals surface area contributed by atoms with Crippen LogP contribution in [0.5, 0.6) is 0 Å². The van der Waals surface area contributed by atoms with E-state index in [1.807, 2.05) is 27.7 Å². The van der Waals surface area contributed by atoms with Crippen molar-refractivity contribution in [1.29, 1.82) is 0 Å². The summed E-state index contributed by atoms with van der Waals surface area (Å²) in [6.45, 7) is 8.05. The van der Waals surface area contributed by atoms with Crippen molar-refractivity contribution in [2.45, 2.75) is 39.9 Å². The summed E-state index contributed by atoms with van der Waals surface area (Å²) in [4.78, 5) is 0. The Balaban J connectivity index is -0.000000320. The van der Waals surface area contributed by atoms with Gasteiger partial charge in [-0.3, -0.25) is 0 Å². The summed E-state index contributed by atoms with van der Waals surface area (Å²) in [5.41, 5.74) is 0. The molecule has 0 amide bonds. The summed E-state index contributed by atoms with van der Waals surface area (Å²) in [5, 5.41) is 0. The third kappa shape index (κ3) is 18.4. The molecule has 0 saturated carbocycles. The Labute approximate surface area is 97.7 Å². The molecule has 0 aromatic rings. The number of hydrogen-bond acceptors (Lipinski definition) is 2. The average Bonchev–Trinajstić information content (AvgIpc) is 1.63. The fourth-order valence-corrected chi connectivity index (χ4v) is 0.812. The van der Waals surface area contributed by atoms with E-state index in [4.69, 9.17) is 7.32 Å². The molecule has 0 spiro atoms. The maximum atomic E-state index is 5.22. The van der Waals surface area contributed by atoms with E-state index >= 15 is 0 Å². The molecule has 2 nitrogen and oxygen atoms in total. The molecule has 0 aromatic heterocycles. The second kappa shape index (κ2) is 11.5. The first-order valence-corrected chi connectivity index (χ1v) is 4.29. The Hall–Kier alpha value is 1.46. The van der Waals surface area contributed by atoms with Gasteiger partial charge in [-0.15, -0.1) is 34.0 Å². The molecular formula is C6H16Br2O2V. The maximum absolute atomic E-state index is 5.22. The van der Waals surface area contributed by atoms with E-state index in [1.165, 1.54) is 0 Å². The summed E-state index contributed by atoms with van der Waals surface area (Å²) >= 11 is -0.328. The molecule has 0 heterocycles. The molecule has 0 radical (unpaired) electrons. The molecule has 0 fully saturated rings. The Bertz CT molecular complexity index is 63.6. The van der Waals surface area contributed by atoms with E-state index in [2.05, 4.69) is 0 Å². The standard InChI is InChI=1S/2C3H7O.2BrH.V/c2*1-3(2)4;;;/h2*3H,1-2H3;2*1H;/q2*-1;;;+2. The number of hydrogen-bond donors (Lipinski definition) is 0. The van der Waals surface area contributed by atoms with Crippen LogP contribution >= 0.6 is 34.0 Å². The van der Waals surface area contributed by atoms with Crippen molar-refractivity contribution in [2.24, 2.45) is 0 Å². The zero-order chi connectivity index (χ0) is 7.28. The molecule has 0 aromatic carbocycles. The van der Waals surface area contributed by atoms with Crippen LogP contribution < -0.4 is 0 Å². The van der Waals surface area contributed by atoms with Crippen molar-refractivity contribution in [3.63, 3.8) is 0 Å². The Kier molecular flexibility index (Phi) is 19.1. The predicted octanol–water partition coefficient (Wildman–Crippen LogP) is 2.90. The molecular weight excluding hydrogens is 315 g/mol. The normalized spacial score (nSPS) is 8.91. The minimum absolute atomic E-state index is 0. The molecule has 0 bridgehead atoms. The van der Waals surface area contributed by atoms with E-state index < -0.39 is 0 Å². The molecule has 0 N–H and O–H groups in total. The first kappa shape index (κ1) is 18.3. The van der Waals surface area contributed by atoms with Gasteiger partial charge >= 0.3 is 64.2 Å². The second-order valence-electron chi connectivity index (χ2n) is 2.38. The van der Waals surface area contributed by atoms with Gasteiger partial charge in [-0.2, -0.15) is 0 Å². The van der Waals surface area contributed by atoms with Crippen LogP contribution in [0.25, 0.3) is 0 Å². The Morgan fingerprint density at radius 2 is 1.09 bits per heavy atom. The molecule has 5 heteroatoms. The van der Waals surface area contributed by atoms with Gasteiger partial charge in [0.2, 0.25) is 0 Å². The van der Waals surface area contributed by atoms with Crippen LogP contribution in [-0.4, -0.2) is 12.2 Å². The molecule has 0 aliphatic carbocycles. The molecule has 0 saturated heterocycles. The minimum atomic E-state index is -0.328. The first-order valence-electron chi connectivity index (χ1n) is 3.15. The Morgan fingerprint density at radius 1 is 0.818 bits per heavy atom. The molecule has 0 aliphatic rings. The summed E-state index contributed by atoms with van der Waals surface area (Å²) in [7, 11) is 0. The number of halogens is 2. The van der Waals surface area contributed by atoms with Gasteiger partial charge in [-0.1, -0.05) is 0 Å². The van der Waals surface area contributed by atoms with Crippen molar-refractivity contribution in [3.05, 3.63) is 0 Å². The van der Waals surface area contributed by atoms with Gasteiger partial charge in [0.1, 0.15) is 0 Å². The van der Waals surface area contributed by atoms with Gasteiger partial charge < -0.3 is 0 Å². The van der Waals surface area contributed by atoms with Gasteiger partial charge in [0, 0.05) is 0 Å². The third-order valence-corrected chi connectivity index (χ3v) is 2.09. The van der Waals surface area contributed by atoms with Gasteiger partial charge in [0.25, 0.3) is 0 Å². The molecule has 11 heavy (non-hydrogen) atoms. The van der Waals surface area contributed by atoms with E-state index in [0.717, 1.165) is 0 Å². The SMILES string of the molecule is Br.Br.CC(C)[O][V][O]C(C)C. The Morgan fingerprint density at radius 3 is 1.27 bits per heavy atom. The summed E-state index contributed by atoms with van der Waals surface area (Å²) in [6.07, 6.45) is 0.618.